The maximum absolute atomic E-state index is 12.3. The van der Waals surface area contributed by atoms with Gasteiger partial charge in [-0.1, -0.05) is 43.0 Å². The van der Waals surface area contributed by atoms with Crippen LogP contribution < -0.4 is 15.2 Å². The third-order valence-corrected chi connectivity index (χ3v) is 5.81. The number of thioether (sulfide) groups is 1. The van der Waals surface area contributed by atoms with Gasteiger partial charge in [-0.3, -0.25) is 4.79 Å². The largest absolute Gasteiger partial charge is 0.545 e. The van der Waals surface area contributed by atoms with Gasteiger partial charge in [0.05, 0.1) is 11.7 Å². The third kappa shape index (κ3) is 5.64. The van der Waals surface area contributed by atoms with E-state index in [2.05, 4.69) is 22.4 Å². The number of aryl methyl sites for hydroxylation is 1. The van der Waals surface area contributed by atoms with Gasteiger partial charge in [0.1, 0.15) is 12.4 Å². The van der Waals surface area contributed by atoms with Gasteiger partial charge in [-0.2, -0.15) is 0 Å². The topological polar surface area (TPSA) is 109 Å². The Morgan fingerprint density at radius 3 is 2.58 bits per heavy atom. The molecule has 0 fully saturated rings. The van der Waals surface area contributed by atoms with Crippen molar-refractivity contribution in [2.24, 2.45) is 7.05 Å². The molecule has 0 aliphatic rings. The van der Waals surface area contributed by atoms with Crippen molar-refractivity contribution in [3.8, 4) is 5.75 Å². The molecule has 8 nitrogen and oxygen atoms in total. The molecule has 0 aliphatic carbocycles. The van der Waals surface area contributed by atoms with E-state index >= 15 is 0 Å². The van der Waals surface area contributed by atoms with Crippen LogP contribution in [0.3, 0.4) is 0 Å². The van der Waals surface area contributed by atoms with E-state index in [0.29, 0.717) is 22.2 Å². The number of carboxylic acids is 1. The number of hydrogen-bond donors (Lipinski definition) is 1. The van der Waals surface area contributed by atoms with Gasteiger partial charge in [-0.05, 0) is 42.7 Å². The minimum absolute atomic E-state index is 0.0488. The molecule has 0 atom stereocenters. The molecular formula is C22H23N4O4S-. The van der Waals surface area contributed by atoms with Crippen LogP contribution >= 0.6 is 11.8 Å². The van der Waals surface area contributed by atoms with Gasteiger partial charge in [0, 0.05) is 18.3 Å². The zero-order valence-corrected chi connectivity index (χ0v) is 18.4. The van der Waals surface area contributed by atoms with Crippen molar-refractivity contribution in [3.63, 3.8) is 0 Å². The van der Waals surface area contributed by atoms with E-state index in [1.807, 2.05) is 31.3 Å². The molecule has 0 aliphatic heterocycles. The van der Waals surface area contributed by atoms with Crippen molar-refractivity contribution in [3.05, 3.63) is 65.0 Å². The monoisotopic (exact) mass is 439 g/mol. The maximum Gasteiger partial charge on any atom is 0.234 e. The second-order valence-corrected chi connectivity index (χ2v) is 7.79. The summed E-state index contributed by atoms with van der Waals surface area (Å²) in [5, 5.41) is 22.7. The Bertz CT molecular complexity index is 1080. The Labute approximate surface area is 184 Å². The Morgan fingerprint density at radius 2 is 1.90 bits per heavy atom. The first-order chi connectivity index (χ1) is 14.9. The zero-order chi connectivity index (χ0) is 22.4. The molecular weight excluding hydrogens is 416 g/mol. The van der Waals surface area contributed by atoms with Crippen molar-refractivity contribution in [1.82, 2.24) is 14.8 Å². The predicted octanol–water partition coefficient (Wildman–Crippen LogP) is 2.36. The number of anilines is 1. The number of ether oxygens (including phenoxy) is 1. The Hall–Kier alpha value is -3.33. The number of amides is 1. The lowest BCUT2D eigenvalue weighted by molar-refractivity contribution is -0.255. The van der Waals surface area contributed by atoms with E-state index < -0.39 is 5.97 Å². The molecule has 0 spiro atoms. The average molecular weight is 440 g/mol. The average Bonchev–Trinajstić information content (AvgIpc) is 3.11. The molecule has 0 bridgehead atoms. The van der Waals surface area contributed by atoms with Crippen molar-refractivity contribution in [1.29, 1.82) is 0 Å². The summed E-state index contributed by atoms with van der Waals surface area (Å²) in [6, 6.07) is 12.5. The molecule has 162 valence electrons. The summed E-state index contributed by atoms with van der Waals surface area (Å²) in [4.78, 5) is 23.4. The van der Waals surface area contributed by atoms with E-state index in [1.54, 1.807) is 23.6 Å². The number of benzene rings is 2. The summed E-state index contributed by atoms with van der Waals surface area (Å²) in [5.74, 6) is -0.0678. The number of aromatic carboxylic acids is 1. The molecule has 1 aromatic heterocycles. The summed E-state index contributed by atoms with van der Waals surface area (Å²) in [6.07, 6.45) is 0.972. The minimum Gasteiger partial charge on any atom is -0.545 e. The van der Waals surface area contributed by atoms with Crippen molar-refractivity contribution >= 4 is 29.3 Å². The fourth-order valence-electron chi connectivity index (χ4n) is 2.87. The second kappa shape index (κ2) is 10.1. The first-order valence-electron chi connectivity index (χ1n) is 9.72. The fourth-order valence-corrected chi connectivity index (χ4v) is 3.60. The lowest BCUT2D eigenvalue weighted by Crippen LogP contribution is -2.24. The van der Waals surface area contributed by atoms with Crippen molar-refractivity contribution in [2.75, 3.05) is 11.1 Å². The van der Waals surface area contributed by atoms with E-state index in [1.165, 1.54) is 23.4 Å². The van der Waals surface area contributed by atoms with Crippen LogP contribution in [0.25, 0.3) is 0 Å². The van der Waals surface area contributed by atoms with Gasteiger partial charge in [0.15, 0.2) is 11.0 Å². The van der Waals surface area contributed by atoms with E-state index in [0.717, 1.165) is 12.2 Å². The lowest BCUT2D eigenvalue weighted by Gasteiger charge is -2.13. The van der Waals surface area contributed by atoms with Crippen LogP contribution in [0.4, 0.5) is 5.69 Å². The van der Waals surface area contributed by atoms with E-state index in [-0.39, 0.29) is 23.8 Å². The molecule has 0 radical (unpaired) electrons. The molecule has 9 heteroatoms. The molecule has 0 saturated carbocycles. The van der Waals surface area contributed by atoms with Gasteiger partial charge >= 0.3 is 0 Å². The number of rotatable bonds is 9. The molecule has 1 N–H and O–H groups in total. The van der Waals surface area contributed by atoms with Crippen LogP contribution in [-0.4, -0.2) is 32.4 Å². The van der Waals surface area contributed by atoms with Gasteiger partial charge < -0.3 is 24.5 Å². The van der Waals surface area contributed by atoms with E-state index in [4.69, 9.17) is 4.74 Å². The summed E-state index contributed by atoms with van der Waals surface area (Å²) >= 11 is 1.23. The highest BCUT2D eigenvalue weighted by Gasteiger charge is 2.13. The number of aromatic nitrogens is 3. The highest BCUT2D eigenvalue weighted by molar-refractivity contribution is 7.99. The first kappa shape index (κ1) is 22.4. The van der Waals surface area contributed by atoms with Crippen LogP contribution in [-0.2, 0) is 24.9 Å². The molecule has 0 saturated heterocycles. The quantitative estimate of drug-likeness (QED) is 0.510. The normalized spacial score (nSPS) is 10.7. The number of carboxylic acid groups (broad SMARTS) is 1. The van der Waals surface area contributed by atoms with Crippen molar-refractivity contribution < 1.29 is 19.4 Å². The fraction of sp³-hybridized carbons (Fsp3) is 0.273. The third-order valence-electron chi connectivity index (χ3n) is 4.78. The smallest absolute Gasteiger partial charge is 0.234 e. The Balaban J connectivity index is 1.55. The standard InChI is InChI=1S/C22H24N4O4S/c1-4-15-8-10-16(11-9-15)30-12-19-24-25-22(26(19)3)31-13-20(27)23-18-7-5-6-17(14(18)2)21(28)29/h5-11H,4,12-13H2,1-3H3,(H,23,27)(H,28,29)/p-1. The van der Waals surface area contributed by atoms with Crippen LogP contribution in [0.2, 0.25) is 0 Å². The SMILES string of the molecule is CCc1ccc(OCc2nnc(SCC(=O)Nc3cccc(C(=O)[O-])c3C)n2C)cc1. The molecule has 31 heavy (non-hydrogen) atoms. The number of carbonyl (C=O) groups excluding carboxylic acids is 2. The summed E-state index contributed by atoms with van der Waals surface area (Å²) < 4.78 is 7.55. The number of nitrogens with one attached hydrogen (secondary N) is 1. The summed E-state index contributed by atoms with van der Waals surface area (Å²) in [6.45, 7) is 3.98. The van der Waals surface area contributed by atoms with Gasteiger partial charge in [0.2, 0.25) is 5.91 Å². The van der Waals surface area contributed by atoms with Gasteiger partial charge in [-0.25, -0.2) is 0 Å². The van der Waals surface area contributed by atoms with Crippen LogP contribution in [0, 0.1) is 6.92 Å². The van der Waals surface area contributed by atoms with Gasteiger partial charge in [-0.15, -0.1) is 10.2 Å². The zero-order valence-electron chi connectivity index (χ0n) is 17.5. The Kier molecular flexibility index (Phi) is 7.30. The van der Waals surface area contributed by atoms with Gasteiger partial charge in [0.25, 0.3) is 0 Å². The van der Waals surface area contributed by atoms with Crippen LogP contribution in [0.5, 0.6) is 5.75 Å². The highest BCUT2D eigenvalue weighted by atomic mass is 32.2. The number of nitrogens with zero attached hydrogens (tertiary/aromatic N) is 3. The first-order valence-corrected chi connectivity index (χ1v) is 10.7. The number of carbonyl (C=O) groups is 2. The second-order valence-electron chi connectivity index (χ2n) is 6.85. The number of hydrogen-bond acceptors (Lipinski definition) is 7. The Morgan fingerprint density at radius 1 is 1.16 bits per heavy atom. The van der Waals surface area contributed by atoms with E-state index in [9.17, 15) is 14.7 Å². The van der Waals surface area contributed by atoms with Crippen LogP contribution in [0.15, 0.2) is 47.6 Å². The lowest BCUT2D eigenvalue weighted by atomic mass is 10.1. The molecule has 2 aromatic carbocycles. The predicted molar refractivity (Wildman–Crippen MR) is 116 cm³/mol. The maximum atomic E-state index is 12.3. The summed E-state index contributed by atoms with van der Waals surface area (Å²) in [7, 11) is 1.81. The summed E-state index contributed by atoms with van der Waals surface area (Å²) in [5.41, 5.74) is 2.18. The molecule has 1 heterocycles. The van der Waals surface area contributed by atoms with Crippen LogP contribution in [0.1, 0.15) is 34.2 Å². The highest BCUT2D eigenvalue weighted by Crippen LogP contribution is 2.21. The molecule has 1 amide bonds. The van der Waals surface area contributed by atoms with Crippen molar-refractivity contribution in [2.45, 2.75) is 32.0 Å². The molecule has 3 aromatic rings. The molecule has 0 unspecified atom stereocenters. The minimum atomic E-state index is -1.28. The molecule has 3 rings (SSSR count).